The Morgan fingerprint density at radius 2 is 1.47 bits per heavy atom. The number of unbranched alkanes of at least 4 members (excludes halogenated alkanes) is 4. The van der Waals surface area contributed by atoms with E-state index >= 15 is 0 Å². The number of hydrogen-bond acceptors (Lipinski definition) is 1. The lowest BCUT2D eigenvalue weighted by atomic mass is 9.94. The highest BCUT2D eigenvalue weighted by atomic mass is 14.6. The molecule has 1 heteroatoms. The Morgan fingerprint density at radius 3 is 2.05 bits per heavy atom. The van der Waals surface area contributed by atoms with Crippen LogP contribution in [0.2, 0.25) is 0 Å². The van der Waals surface area contributed by atoms with Crippen molar-refractivity contribution in [3.63, 3.8) is 0 Å². The van der Waals surface area contributed by atoms with E-state index in [1.54, 1.807) is 0 Å². The summed E-state index contributed by atoms with van der Waals surface area (Å²) in [4.78, 5) is 0. The average Bonchev–Trinajstić information content (AvgIpc) is 2.46. The van der Waals surface area contributed by atoms with Gasteiger partial charge in [0.15, 0.2) is 0 Å². The molecule has 1 rings (SSSR count). The van der Waals surface area contributed by atoms with Gasteiger partial charge in [-0.3, -0.25) is 0 Å². The second-order valence-corrected chi connectivity index (χ2v) is 5.79. The summed E-state index contributed by atoms with van der Waals surface area (Å²) in [6.07, 6.45) is 8.92. The summed E-state index contributed by atoms with van der Waals surface area (Å²) in [5, 5.41) is 0. The van der Waals surface area contributed by atoms with Crippen LogP contribution < -0.4 is 5.73 Å². The molecule has 1 nitrogen and oxygen atoms in total. The largest absolute Gasteiger partial charge is 0.324 e. The molecule has 0 saturated heterocycles. The first-order chi connectivity index (χ1) is 9.19. The SMILES string of the molecule is CCCCCCCC(N)c1ccc(C(C)CC)cc1. The lowest BCUT2D eigenvalue weighted by molar-refractivity contribution is 0.555. The Labute approximate surface area is 119 Å². The van der Waals surface area contributed by atoms with Crippen molar-refractivity contribution in [2.45, 2.75) is 77.7 Å². The van der Waals surface area contributed by atoms with Gasteiger partial charge in [0.1, 0.15) is 0 Å². The fourth-order valence-corrected chi connectivity index (χ4v) is 2.44. The van der Waals surface area contributed by atoms with Crippen LogP contribution in [-0.4, -0.2) is 0 Å². The zero-order chi connectivity index (χ0) is 14.1. The predicted molar refractivity (Wildman–Crippen MR) is 85.5 cm³/mol. The molecule has 0 aromatic heterocycles. The van der Waals surface area contributed by atoms with Gasteiger partial charge in [-0.1, -0.05) is 77.1 Å². The van der Waals surface area contributed by atoms with Crippen LogP contribution >= 0.6 is 0 Å². The second-order valence-electron chi connectivity index (χ2n) is 5.79. The molecule has 0 aliphatic carbocycles. The highest BCUT2D eigenvalue weighted by Crippen LogP contribution is 2.22. The highest BCUT2D eigenvalue weighted by Gasteiger charge is 2.07. The third-order valence-corrected chi connectivity index (χ3v) is 4.16. The van der Waals surface area contributed by atoms with Crippen molar-refractivity contribution in [3.05, 3.63) is 35.4 Å². The molecule has 2 N–H and O–H groups in total. The molecule has 1 aromatic rings. The Bertz CT molecular complexity index is 328. The first-order valence-corrected chi connectivity index (χ1v) is 8.04. The summed E-state index contributed by atoms with van der Waals surface area (Å²) in [6, 6.07) is 9.16. The summed E-state index contributed by atoms with van der Waals surface area (Å²) in [5.41, 5.74) is 8.99. The fourth-order valence-electron chi connectivity index (χ4n) is 2.44. The summed E-state index contributed by atoms with van der Waals surface area (Å²) in [7, 11) is 0. The van der Waals surface area contributed by atoms with Crippen molar-refractivity contribution in [1.82, 2.24) is 0 Å². The molecular formula is C18H31N. The standard InChI is InChI=1S/C18H31N/c1-4-6-7-8-9-10-18(19)17-13-11-16(12-14-17)15(3)5-2/h11-15,18H,4-10,19H2,1-3H3. The third kappa shape index (κ3) is 5.78. The molecule has 0 aliphatic heterocycles. The van der Waals surface area contributed by atoms with Crippen molar-refractivity contribution in [2.24, 2.45) is 5.73 Å². The van der Waals surface area contributed by atoms with Gasteiger partial charge in [0.25, 0.3) is 0 Å². The van der Waals surface area contributed by atoms with Crippen LogP contribution in [0.15, 0.2) is 24.3 Å². The van der Waals surface area contributed by atoms with Gasteiger partial charge >= 0.3 is 0 Å². The van der Waals surface area contributed by atoms with Gasteiger partial charge in [0, 0.05) is 6.04 Å². The number of nitrogens with two attached hydrogens (primary N) is 1. The molecule has 19 heavy (non-hydrogen) atoms. The molecule has 0 amide bonds. The fraction of sp³-hybridized carbons (Fsp3) is 0.667. The Hall–Kier alpha value is -0.820. The van der Waals surface area contributed by atoms with E-state index < -0.39 is 0 Å². The van der Waals surface area contributed by atoms with E-state index in [0.717, 1.165) is 6.42 Å². The molecular weight excluding hydrogens is 230 g/mol. The molecule has 0 aliphatic rings. The van der Waals surface area contributed by atoms with Crippen LogP contribution in [0.3, 0.4) is 0 Å². The summed E-state index contributed by atoms with van der Waals surface area (Å²) < 4.78 is 0. The zero-order valence-corrected chi connectivity index (χ0v) is 13.0. The van der Waals surface area contributed by atoms with Crippen LogP contribution in [-0.2, 0) is 0 Å². The van der Waals surface area contributed by atoms with E-state index in [1.165, 1.54) is 49.7 Å². The molecule has 0 spiro atoms. The lowest BCUT2D eigenvalue weighted by Crippen LogP contribution is -2.10. The molecule has 0 fully saturated rings. The monoisotopic (exact) mass is 261 g/mol. The number of benzene rings is 1. The highest BCUT2D eigenvalue weighted by molar-refractivity contribution is 5.26. The van der Waals surface area contributed by atoms with E-state index in [-0.39, 0.29) is 6.04 Å². The van der Waals surface area contributed by atoms with Gasteiger partial charge in [-0.05, 0) is 29.9 Å². The average molecular weight is 261 g/mol. The third-order valence-electron chi connectivity index (χ3n) is 4.16. The zero-order valence-electron chi connectivity index (χ0n) is 13.0. The van der Waals surface area contributed by atoms with Gasteiger partial charge in [-0.15, -0.1) is 0 Å². The van der Waals surface area contributed by atoms with Crippen molar-refractivity contribution in [3.8, 4) is 0 Å². The van der Waals surface area contributed by atoms with E-state index in [1.807, 2.05) is 0 Å². The lowest BCUT2D eigenvalue weighted by Gasteiger charge is -2.14. The molecule has 1 aromatic carbocycles. The van der Waals surface area contributed by atoms with Crippen LogP contribution in [0.4, 0.5) is 0 Å². The van der Waals surface area contributed by atoms with Gasteiger partial charge in [0.05, 0.1) is 0 Å². The van der Waals surface area contributed by atoms with Crippen LogP contribution in [0.5, 0.6) is 0 Å². The smallest absolute Gasteiger partial charge is 0.0294 e. The maximum Gasteiger partial charge on any atom is 0.0294 e. The minimum absolute atomic E-state index is 0.215. The van der Waals surface area contributed by atoms with Crippen molar-refractivity contribution in [2.75, 3.05) is 0 Å². The Kier molecular flexibility index (Phi) is 7.81. The molecule has 0 heterocycles. The van der Waals surface area contributed by atoms with Crippen molar-refractivity contribution < 1.29 is 0 Å². The summed E-state index contributed by atoms with van der Waals surface area (Å²) in [6.45, 7) is 6.77. The maximum absolute atomic E-state index is 6.27. The van der Waals surface area contributed by atoms with Crippen LogP contribution in [0, 0.1) is 0 Å². The minimum Gasteiger partial charge on any atom is -0.324 e. The maximum atomic E-state index is 6.27. The first kappa shape index (κ1) is 16.2. The quantitative estimate of drug-likeness (QED) is 0.579. The van der Waals surface area contributed by atoms with E-state index in [0.29, 0.717) is 5.92 Å². The van der Waals surface area contributed by atoms with Crippen molar-refractivity contribution >= 4 is 0 Å². The topological polar surface area (TPSA) is 26.0 Å². The van der Waals surface area contributed by atoms with Gasteiger partial charge in [0.2, 0.25) is 0 Å². The van der Waals surface area contributed by atoms with E-state index in [4.69, 9.17) is 5.73 Å². The van der Waals surface area contributed by atoms with Gasteiger partial charge in [-0.2, -0.15) is 0 Å². The predicted octanol–water partition coefficient (Wildman–Crippen LogP) is 5.56. The van der Waals surface area contributed by atoms with Crippen LogP contribution in [0.1, 0.15) is 88.8 Å². The van der Waals surface area contributed by atoms with Gasteiger partial charge in [-0.25, -0.2) is 0 Å². The molecule has 0 radical (unpaired) electrons. The Morgan fingerprint density at radius 1 is 0.895 bits per heavy atom. The molecule has 2 unspecified atom stereocenters. The molecule has 0 saturated carbocycles. The molecule has 0 bridgehead atoms. The van der Waals surface area contributed by atoms with Gasteiger partial charge < -0.3 is 5.73 Å². The molecule has 2 atom stereocenters. The number of hydrogen-bond donors (Lipinski definition) is 1. The molecule has 108 valence electrons. The second kappa shape index (κ2) is 9.14. The Balaban J connectivity index is 2.38. The number of rotatable bonds is 9. The van der Waals surface area contributed by atoms with E-state index in [9.17, 15) is 0 Å². The summed E-state index contributed by atoms with van der Waals surface area (Å²) in [5.74, 6) is 0.652. The van der Waals surface area contributed by atoms with Crippen LogP contribution in [0.25, 0.3) is 0 Å². The first-order valence-electron chi connectivity index (χ1n) is 8.04. The normalized spacial score (nSPS) is 14.3. The van der Waals surface area contributed by atoms with E-state index in [2.05, 4.69) is 45.0 Å². The summed E-state index contributed by atoms with van der Waals surface area (Å²) >= 11 is 0. The minimum atomic E-state index is 0.215. The van der Waals surface area contributed by atoms with Crippen molar-refractivity contribution in [1.29, 1.82) is 0 Å².